The second-order valence-electron chi connectivity index (χ2n) is 11.5. The number of likely N-dealkylation sites (tertiary alicyclic amines) is 1. The second-order valence-corrected chi connectivity index (χ2v) is 13.3. The number of urea groups is 1. The molecule has 13 heteroatoms. The highest BCUT2D eigenvalue weighted by atomic mass is 32.2. The molecule has 0 spiro atoms. The van der Waals surface area contributed by atoms with Crippen molar-refractivity contribution in [2.24, 2.45) is 5.73 Å². The van der Waals surface area contributed by atoms with Crippen LogP contribution in [0.1, 0.15) is 39.9 Å². The lowest BCUT2D eigenvalue weighted by atomic mass is 10.0. The number of sulfonamides is 1. The second kappa shape index (κ2) is 14.6. The third-order valence-corrected chi connectivity index (χ3v) is 8.38. The van der Waals surface area contributed by atoms with E-state index in [1.807, 2.05) is 37.3 Å². The number of benzene rings is 3. The zero-order valence-corrected chi connectivity index (χ0v) is 27.0. The Hall–Kier alpha value is -5.01. The Bertz CT molecular complexity index is 1830. The number of nitrogens with one attached hydrogen (secondary N) is 2. The Morgan fingerprint density at radius 1 is 1.02 bits per heavy atom. The van der Waals surface area contributed by atoms with Crippen LogP contribution in [-0.2, 0) is 23.2 Å². The number of nitrogens with zero attached hydrogens (tertiary/aromatic N) is 3. The number of halogens is 1. The molecule has 0 aliphatic carbocycles. The van der Waals surface area contributed by atoms with E-state index in [9.17, 15) is 22.4 Å². The van der Waals surface area contributed by atoms with Gasteiger partial charge >= 0.3 is 6.03 Å². The summed E-state index contributed by atoms with van der Waals surface area (Å²) in [5.74, 6) is 0.183. The number of anilines is 3. The predicted octanol–water partition coefficient (Wildman–Crippen LogP) is 5.83. The molecule has 2 heterocycles. The van der Waals surface area contributed by atoms with Crippen LogP contribution < -0.4 is 25.4 Å². The number of alkyl halides is 1. The van der Waals surface area contributed by atoms with E-state index in [2.05, 4.69) is 19.9 Å². The summed E-state index contributed by atoms with van der Waals surface area (Å²) in [4.78, 5) is 34.1. The molecule has 1 saturated heterocycles. The lowest BCUT2D eigenvalue weighted by molar-refractivity contribution is 0.0998. The Labute approximate surface area is 273 Å². The maximum Gasteiger partial charge on any atom is 0.326 e. The van der Waals surface area contributed by atoms with Gasteiger partial charge in [0.2, 0.25) is 21.8 Å². The number of carbonyl (C=O) groups is 2. The number of nitrogens with two attached hydrogens (primary N) is 1. The number of rotatable bonds is 11. The SMILES string of the molecule is Cc1cccc(N(C(=O)Nc2ccc(CF)c(C(N)=O)c2)C2CCN(Cc3ccc(Oc4ccc(NS(C)(=O)=O)cc4)nc3)CC2)c1. The number of aromatic nitrogens is 1. The molecule has 1 aliphatic heterocycles. The molecule has 0 saturated carbocycles. The quantitative estimate of drug-likeness (QED) is 0.184. The van der Waals surface area contributed by atoms with Gasteiger partial charge in [-0.1, -0.05) is 24.3 Å². The summed E-state index contributed by atoms with van der Waals surface area (Å²) < 4.78 is 44.4. The molecule has 1 aliphatic rings. The minimum atomic E-state index is -3.36. The average molecular weight is 661 g/mol. The Kier molecular flexibility index (Phi) is 10.4. The van der Waals surface area contributed by atoms with Crippen LogP contribution in [0.2, 0.25) is 0 Å². The van der Waals surface area contributed by atoms with Crippen molar-refractivity contribution in [1.82, 2.24) is 9.88 Å². The molecule has 3 aromatic carbocycles. The summed E-state index contributed by atoms with van der Waals surface area (Å²) in [6, 6.07) is 22.0. The van der Waals surface area contributed by atoms with Crippen molar-refractivity contribution < 1.29 is 27.1 Å². The molecule has 3 amide bonds. The molecule has 0 unspecified atom stereocenters. The van der Waals surface area contributed by atoms with Crippen LogP contribution in [-0.4, -0.2) is 55.6 Å². The number of carbonyl (C=O) groups excluding carboxylic acids is 2. The van der Waals surface area contributed by atoms with Crippen molar-refractivity contribution in [1.29, 1.82) is 0 Å². The lowest BCUT2D eigenvalue weighted by Gasteiger charge is -2.38. The number of piperidine rings is 1. The number of hydrogen-bond acceptors (Lipinski definition) is 7. The van der Waals surface area contributed by atoms with Gasteiger partial charge in [0.05, 0.1) is 6.26 Å². The molecule has 0 bridgehead atoms. The fourth-order valence-corrected chi connectivity index (χ4v) is 6.10. The van der Waals surface area contributed by atoms with Gasteiger partial charge in [-0.3, -0.25) is 19.3 Å². The molecule has 1 aromatic heterocycles. The van der Waals surface area contributed by atoms with E-state index in [-0.39, 0.29) is 23.2 Å². The summed E-state index contributed by atoms with van der Waals surface area (Å²) in [7, 11) is -3.36. The van der Waals surface area contributed by atoms with E-state index in [1.54, 1.807) is 47.5 Å². The summed E-state index contributed by atoms with van der Waals surface area (Å²) in [5, 5.41) is 2.88. The van der Waals surface area contributed by atoms with Crippen LogP contribution >= 0.6 is 0 Å². The molecule has 47 heavy (non-hydrogen) atoms. The van der Waals surface area contributed by atoms with Gasteiger partial charge in [0.25, 0.3) is 0 Å². The number of primary amides is 1. The summed E-state index contributed by atoms with van der Waals surface area (Å²) in [6.07, 6.45) is 4.32. The standard InChI is InChI=1S/C34H37FN6O5S/c1-23-4-3-5-29(18-23)41(34(43)38-27-8-7-25(20-35)31(19-27)33(36)42)28-14-16-40(17-15-28)22-24-6-13-32(37-21-24)46-30-11-9-26(10-12-30)39-47(2,44)45/h3-13,18-19,21,28,39H,14-17,20,22H2,1-2H3,(H2,36,42)(H,38,43). The number of aryl methyl sites for hydroxylation is 1. The minimum absolute atomic E-state index is 0.0351. The van der Waals surface area contributed by atoms with Gasteiger partial charge in [-0.25, -0.2) is 22.6 Å². The lowest BCUT2D eigenvalue weighted by Crippen LogP contribution is -2.49. The van der Waals surface area contributed by atoms with Gasteiger partial charge in [-0.2, -0.15) is 0 Å². The molecule has 4 N–H and O–H groups in total. The maximum absolute atomic E-state index is 13.7. The number of hydrogen-bond donors (Lipinski definition) is 3. The number of amides is 3. The van der Waals surface area contributed by atoms with Gasteiger partial charge in [-0.05, 0) is 85.0 Å². The fraction of sp³-hybridized carbons (Fsp3) is 0.265. The molecule has 246 valence electrons. The first-order valence-electron chi connectivity index (χ1n) is 15.1. The van der Waals surface area contributed by atoms with E-state index < -0.39 is 22.6 Å². The van der Waals surface area contributed by atoms with Crippen LogP contribution in [0.5, 0.6) is 11.6 Å². The Morgan fingerprint density at radius 2 is 1.74 bits per heavy atom. The molecular weight excluding hydrogens is 623 g/mol. The zero-order valence-electron chi connectivity index (χ0n) is 26.1. The van der Waals surface area contributed by atoms with E-state index in [0.29, 0.717) is 29.5 Å². The highest BCUT2D eigenvalue weighted by Crippen LogP contribution is 2.28. The van der Waals surface area contributed by atoms with Crippen molar-refractivity contribution >= 4 is 39.0 Å². The van der Waals surface area contributed by atoms with Crippen molar-refractivity contribution in [2.45, 2.75) is 39.0 Å². The summed E-state index contributed by atoms with van der Waals surface area (Å²) in [5.41, 5.74) is 9.24. The number of ether oxygens (including phenoxy) is 1. The van der Waals surface area contributed by atoms with Crippen molar-refractivity contribution in [3.05, 3.63) is 107 Å². The van der Waals surface area contributed by atoms with Crippen LogP contribution in [0.4, 0.5) is 26.2 Å². The Morgan fingerprint density at radius 3 is 2.36 bits per heavy atom. The van der Waals surface area contributed by atoms with E-state index in [0.717, 1.165) is 49.0 Å². The zero-order chi connectivity index (χ0) is 33.6. The van der Waals surface area contributed by atoms with E-state index in [1.165, 1.54) is 12.1 Å². The largest absolute Gasteiger partial charge is 0.439 e. The first kappa shape index (κ1) is 33.4. The topological polar surface area (TPSA) is 147 Å². The first-order chi connectivity index (χ1) is 22.5. The third-order valence-electron chi connectivity index (χ3n) is 7.78. The third kappa shape index (κ3) is 9.05. The van der Waals surface area contributed by atoms with Crippen LogP contribution in [0.3, 0.4) is 0 Å². The van der Waals surface area contributed by atoms with Crippen molar-refractivity contribution in [2.75, 3.05) is 34.3 Å². The maximum atomic E-state index is 13.7. The molecular formula is C34H37FN6O5S. The normalized spacial score (nSPS) is 13.9. The highest BCUT2D eigenvalue weighted by Gasteiger charge is 2.30. The van der Waals surface area contributed by atoms with Crippen molar-refractivity contribution in [3.8, 4) is 11.6 Å². The fourth-order valence-electron chi connectivity index (χ4n) is 5.54. The van der Waals surface area contributed by atoms with Gasteiger partial charge < -0.3 is 15.8 Å². The first-order valence-corrected chi connectivity index (χ1v) is 16.9. The molecule has 4 aromatic rings. The van der Waals surface area contributed by atoms with E-state index in [4.69, 9.17) is 10.5 Å². The van der Waals surface area contributed by atoms with Gasteiger partial charge in [0, 0.05) is 60.6 Å². The summed E-state index contributed by atoms with van der Waals surface area (Å²) >= 11 is 0. The van der Waals surface area contributed by atoms with Crippen LogP contribution in [0.25, 0.3) is 0 Å². The molecule has 1 fully saturated rings. The molecule has 0 radical (unpaired) electrons. The number of pyridine rings is 1. The van der Waals surface area contributed by atoms with Crippen molar-refractivity contribution in [3.63, 3.8) is 0 Å². The van der Waals surface area contributed by atoms with Crippen LogP contribution in [0.15, 0.2) is 85.1 Å². The smallest absolute Gasteiger partial charge is 0.326 e. The summed E-state index contributed by atoms with van der Waals surface area (Å²) in [6.45, 7) is 3.32. The minimum Gasteiger partial charge on any atom is -0.439 e. The van der Waals surface area contributed by atoms with Gasteiger partial charge in [0.15, 0.2) is 0 Å². The van der Waals surface area contributed by atoms with Crippen LogP contribution in [0, 0.1) is 6.92 Å². The predicted molar refractivity (Wildman–Crippen MR) is 180 cm³/mol. The molecule has 0 atom stereocenters. The van der Waals surface area contributed by atoms with Gasteiger partial charge in [0.1, 0.15) is 12.4 Å². The van der Waals surface area contributed by atoms with Gasteiger partial charge in [-0.15, -0.1) is 0 Å². The molecule has 11 nitrogen and oxygen atoms in total. The average Bonchev–Trinajstić information content (AvgIpc) is 3.03. The highest BCUT2D eigenvalue weighted by molar-refractivity contribution is 7.92. The monoisotopic (exact) mass is 660 g/mol. The molecule has 5 rings (SSSR count). The Balaban J connectivity index is 1.21. The van der Waals surface area contributed by atoms with E-state index >= 15 is 0 Å².